The van der Waals surface area contributed by atoms with Gasteiger partial charge in [0.05, 0.1) is 21.6 Å². The van der Waals surface area contributed by atoms with Gasteiger partial charge in [0.2, 0.25) is 15.9 Å². The van der Waals surface area contributed by atoms with Crippen LogP contribution in [0.1, 0.15) is 46.0 Å². The van der Waals surface area contributed by atoms with E-state index >= 15 is 0 Å². The van der Waals surface area contributed by atoms with Crippen LogP contribution >= 0.6 is 11.6 Å². The minimum absolute atomic E-state index is 0.163. The van der Waals surface area contributed by atoms with Gasteiger partial charge in [-0.3, -0.25) is 9.69 Å². The van der Waals surface area contributed by atoms with Crippen molar-refractivity contribution in [3.05, 3.63) is 23.2 Å². The number of anilines is 1. The summed E-state index contributed by atoms with van der Waals surface area (Å²) in [5, 5.41) is 3.18. The Hall–Kier alpha value is -1.15. The lowest BCUT2D eigenvalue weighted by Crippen LogP contribution is -2.46. The van der Waals surface area contributed by atoms with E-state index in [1.54, 1.807) is 6.07 Å². The van der Waals surface area contributed by atoms with Crippen LogP contribution in [-0.4, -0.2) is 55.8 Å². The van der Waals surface area contributed by atoms with Crippen molar-refractivity contribution in [2.45, 2.75) is 56.9 Å². The molecular formula is C20H30ClN3O3S. The van der Waals surface area contributed by atoms with Crippen molar-refractivity contribution in [1.29, 1.82) is 0 Å². The number of piperidine rings is 2. The summed E-state index contributed by atoms with van der Waals surface area (Å²) in [6.07, 6.45) is 5.08. The number of nitrogens with zero attached hydrogens (tertiary/aromatic N) is 2. The molecule has 1 N–H and O–H groups in total. The number of amides is 1. The highest BCUT2D eigenvalue weighted by molar-refractivity contribution is 7.89. The molecule has 2 saturated heterocycles. The maximum atomic E-state index is 12.9. The zero-order valence-corrected chi connectivity index (χ0v) is 18.2. The Morgan fingerprint density at radius 1 is 1.18 bits per heavy atom. The van der Waals surface area contributed by atoms with Gasteiger partial charge in [0.15, 0.2) is 0 Å². The largest absolute Gasteiger partial charge is 0.323 e. The first-order valence-corrected chi connectivity index (χ1v) is 12.0. The number of hydrogen-bond donors (Lipinski definition) is 1. The third-order valence-corrected chi connectivity index (χ3v) is 7.99. The van der Waals surface area contributed by atoms with Crippen LogP contribution in [0.15, 0.2) is 23.1 Å². The number of hydrogen-bond acceptors (Lipinski definition) is 4. The molecule has 8 heteroatoms. The number of carbonyl (C=O) groups excluding carboxylic acids is 1. The average molecular weight is 428 g/mol. The lowest BCUT2D eigenvalue weighted by Gasteiger charge is -2.34. The summed E-state index contributed by atoms with van der Waals surface area (Å²) in [5.74, 6) is 0.411. The number of rotatable bonds is 5. The summed E-state index contributed by atoms with van der Waals surface area (Å²) in [7, 11) is -3.57. The van der Waals surface area contributed by atoms with Gasteiger partial charge in [0, 0.05) is 19.6 Å². The molecule has 0 radical (unpaired) electrons. The Bertz CT molecular complexity index is 809. The fourth-order valence-corrected chi connectivity index (χ4v) is 5.70. The van der Waals surface area contributed by atoms with Gasteiger partial charge >= 0.3 is 0 Å². The van der Waals surface area contributed by atoms with Gasteiger partial charge in [-0.2, -0.15) is 4.31 Å². The first-order chi connectivity index (χ1) is 13.3. The van der Waals surface area contributed by atoms with Gasteiger partial charge < -0.3 is 5.32 Å². The molecule has 0 spiro atoms. The Morgan fingerprint density at radius 3 is 2.57 bits per heavy atom. The van der Waals surface area contributed by atoms with Crippen LogP contribution < -0.4 is 5.32 Å². The molecule has 1 amide bonds. The maximum Gasteiger partial charge on any atom is 0.243 e. The molecule has 0 unspecified atom stereocenters. The molecule has 2 heterocycles. The first kappa shape index (κ1) is 21.6. The number of sulfonamides is 1. The molecule has 6 nitrogen and oxygen atoms in total. The zero-order valence-electron chi connectivity index (χ0n) is 16.7. The predicted molar refractivity (Wildman–Crippen MR) is 112 cm³/mol. The second-order valence-electron chi connectivity index (χ2n) is 8.01. The van der Waals surface area contributed by atoms with Gasteiger partial charge in [-0.15, -0.1) is 0 Å². The number of carbonyl (C=O) groups is 1. The van der Waals surface area contributed by atoms with Crippen molar-refractivity contribution in [2.75, 3.05) is 31.5 Å². The smallest absolute Gasteiger partial charge is 0.243 e. The van der Waals surface area contributed by atoms with E-state index in [2.05, 4.69) is 17.1 Å². The molecule has 156 valence electrons. The molecule has 3 rings (SSSR count). The van der Waals surface area contributed by atoms with Crippen LogP contribution in [0, 0.1) is 5.92 Å². The molecule has 28 heavy (non-hydrogen) atoms. The Labute approximate surface area is 173 Å². The number of benzene rings is 1. The van der Waals surface area contributed by atoms with Crippen LogP contribution in [0.2, 0.25) is 5.02 Å². The van der Waals surface area contributed by atoms with Gasteiger partial charge in [-0.05, 0) is 63.3 Å². The third kappa shape index (κ3) is 4.87. The summed E-state index contributed by atoms with van der Waals surface area (Å²) >= 11 is 6.25. The van der Waals surface area contributed by atoms with E-state index in [9.17, 15) is 13.2 Å². The predicted octanol–water partition coefficient (Wildman–Crippen LogP) is 3.57. The van der Waals surface area contributed by atoms with Crippen LogP contribution in [0.3, 0.4) is 0 Å². The van der Waals surface area contributed by atoms with Crippen molar-refractivity contribution in [3.8, 4) is 0 Å². The molecular weight excluding hydrogens is 398 g/mol. The monoisotopic (exact) mass is 427 g/mol. The fourth-order valence-electron chi connectivity index (χ4n) is 4.00. The van der Waals surface area contributed by atoms with E-state index in [0.29, 0.717) is 29.7 Å². The Kier molecular flexibility index (Phi) is 7.02. The van der Waals surface area contributed by atoms with Crippen LogP contribution in [0.5, 0.6) is 0 Å². The summed E-state index contributed by atoms with van der Waals surface area (Å²) < 4.78 is 27.3. The number of nitrogens with one attached hydrogen (secondary N) is 1. The first-order valence-electron chi connectivity index (χ1n) is 10.1. The summed E-state index contributed by atoms with van der Waals surface area (Å²) in [6, 6.07) is 4.25. The topological polar surface area (TPSA) is 69.7 Å². The van der Waals surface area contributed by atoms with E-state index in [4.69, 9.17) is 11.6 Å². The summed E-state index contributed by atoms with van der Waals surface area (Å²) in [4.78, 5) is 15.1. The van der Waals surface area contributed by atoms with E-state index in [1.807, 2.05) is 6.92 Å². The van der Waals surface area contributed by atoms with E-state index in [1.165, 1.54) is 22.9 Å². The molecule has 2 fully saturated rings. The summed E-state index contributed by atoms with van der Waals surface area (Å²) in [5.41, 5.74) is 0.349. The van der Waals surface area contributed by atoms with Crippen molar-refractivity contribution in [2.24, 2.45) is 5.92 Å². The fraction of sp³-hybridized carbons (Fsp3) is 0.650. The van der Waals surface area contributed by atoms with Gasteiger partial charge in [-0.25, -0.2) is 8.42 Å². The Balaban J connectivity index is 1.75. The summed E-state index contributed by atoms with van der Waals surface area (Å²) in [6.45, 7) is 6.95. The van der Waals surface area contributed by atoms with Crippen LogP contribution in [-0.2, 0) is 14.8 Å². The highest BCUT2D eigenvalue weighted by Crippen LogP contribution is 2.29. The number of likely N-dealkylation sites (tertiary alicyclic amines) is 1. The number of halogens is 1. The molecule has 2 aliphatic rings. The lowest BCUT2D eigenvalue weighted by atomic mass is 9.99. The molecule has 0 aliphatic carbocycles. The SMILES string of the molecule is C[C@H]1CCCN([C@@H](C)C(=O)Nc2cc(S(=O)(=O)N3CCCCC3)ccc2Cl)C1. The van der Waals surface area contributed by atoms with Gasteiger partial charge in [-0.1, -0.05) is 24.9 Å². The average Bonchev–Trinajstić information content (AvgIpc) is 2.69. The molecule has 0 aromatic heterocycles. The highest BCUT2D eigenvalue weighted by atomic mass is 35.5. The van der Waals surface area contributed by atoms with E-state index in [0.717, 1.165) is 38.8 Å². The molecule has 1 aromatic rings. The second-order valence-corrected chi connectivity index (χ2v) is 10.4. The maximum absolute atomic E-state index is 12.9. The van der Waals surface area contributed by atoms with Crippen molar-refractivity contribution in [3.63, 3.8) is 0 Å². The standard InChI is InChI=1S/C20H30ClN3O3S/c1-15-7-6-10-23(14-15)16(2)20(25)22-19-13-17(8-9-18(19)21)28(26,27)24-11-4-3-5-12-24/h8-9,13,15-16H,3-7,10-12,14H2,1-2H3,(H,22,25)/t15-,16-/m0/s1. The normalized spacial score (nSPS) is 23.3. The minimum Gasteiger partial charge on any atom is -0.323 e. The zero-order chi connectivity index (χ0) is 20.3. The molecule has 1 aromatic carbocycles. The molecule has 2 atom stereocenters. The lowest BCUT2D eigenvalue weighted by molar-refractivity contribution is -0.121. The van der Waals surface area contributed by atoms with E-state index < -0.39 is 10.0 Å². The van der Waals surface area contributed by atoms with Crippen molar-refractivity contribution >= 4 is 33.2 Å². The molecule has 0 bridgehead atoms. The quantitative estimate of drug-likeness (QED) is 0.779. The minimum atomic E-state index is -3.57. The third-order valence-electron chi connectivity index (χ3n) is 5.76. The van der Waals surface area contributed by atoms with Gasteiger partial charge in [0.1, 0.15) is 0 Å². The Morgan fingerprint density at radius 2 is 1.89 bits per heavy atom. The molecule has 2 aliphatic heterocycles. The van der Waals surface area contributed by atoms with Gasteiger partial charge in [0.25, 0.3) is 0 Å². The van der Waals surface area contributed by atoms with Crippen molar-refractivity contribution < 1.29 is 13.2 Å². The second kappa shape index (κ2) is 9.11. The van der Waals surface area contributed by atoms with Crippen molar-refractivity contribution in [1.82, 2.24) is 9.21 Å². The highest BCUT2D eigenvalue weighted by Gasteiger charge is 2.28. The molecule has 0 saturated carbocycles. The van der Waals surface area contributed by atoms with E-state index in [-0.39, 0.29) is 16.8 Å². The van der Waals surface area contributed by atoms with Crippen LogP contribution in [0.4, 0.5) is 5.69 Å². The van der Waals surface area contributed by atoms with Crippen LogP contribution in [0.25, 0.3) is 0 Å².